The van der Waals surface area contributed by atoms with E-state index < -0.39 is 24.3 Å². The van der Waals surface area contributed by atoms with E-state index >= 15 is 0 Å². The highest BCUT2D eigenvalue weighted by atomic mass is 19.4. The van der Waals surface area contributed by atoms with Crippen molar-refractivity contribution >= 4 is 0 Å². The van der Waals surface area contributed by atoms with Crippen molar-refractivity contribution in [3.63, 3.8) is 0 Å². The van der Waals surface area contributed by atoms with Gasteiger partial charge in [0.1, 0.15) is 11.5 Å². The van der Waals surface area contributed by atoms with Crippen LogP contribution in [0.1, 0.15) is 24.9 Å². The lowest BCUT2D eigenvalue weighted by molar-refractivity contribution is -0.274. The molecule has 0 fully saturated rings. The largest absolute Gasteiger partial charge is 0.573 e. The first-order valence-electron chi connectivity index (χ1n) is 5.65. The molecular formula is C12H16F3NO3. The lowest BCUT2D eigenvalue weighted by Crippen LogP contribution is -2.26. The molecule has 0 spiro atoms. The number of rotatable bonds is 5. The molecule has 0 aromatic heterocycles. The highest BCUT2D eigenvalue weighted by molar-refractivity contribution is 5.42. The Hall–Kier alpha value is -1.47. The molecule has 0 aliphatic heterocycles. The van der Waals surface area contributed by atoms with Gasteiger partial charge in [-0.15, -0.1) is 13.2 Å². The van der Waals surface area contributed by atoms with Gasteiger partial charge in [0.15, 0.2) is 0 Å². The lowest BCUT2D eigenvalue weighted by atomic mass is 9.99. The normalized spacial score (nSPS) is 14.9. The van der Waals surface area contributed by atoms with Crippen molar-refractivity contribution in [2.75, 3.05) is 7.11 Å². The Balaban J connectivity index is 3.03. The fraction of sp³-hybridized carbons (Fsp3) is 0.500. The topological polar surface area (TPSA) is 64.7 Å². The Morgan fingerprint density at radius 2 is 2.00 bits per heavy atom. The van der Waals surface area contributed by atoms with E-state index in [1.54, 1.807) is 6.92 Å². The highest BCUT2D eigenvalue weighted by Crippen LogP contribution is 2.32. The van der Waals surface area contributed by atoms with Gasteiger partial charge in [-0.2, -0.15) is 0 Å². The molecule has 7 heteroatoms. The molecule has 0 aliphatic carbocycles. The second-order valence-corrected chi connectivity index (χ2v) is 3.95. The van der Waals surface area contributed by atoms with Crippen LogP contribution in [-0.4, -0.2) is 24.7 Å². The monoisotopic (exact) mass is 279 g/mol. The maximum atomic E-state index is 12.1. The number of alkyl halides is 3. The van der Waals surface area contributed by atoms with Crippen LogP contribution in [0.3, 0.4) is 0 Å². The molecule has 2 atom stereocenters. The van der Waals surface area contributed by atoms with Crippen LogP contribution in [0.15, 0.2) is 18.2 Å². The van der Waals surface area contributed by atoms with Crippen LogP contribution in [0, 0.1) is 0 Å². The summed E-state index contributed by atoms with van der Waals surface area (Å²) in [7, 11) is 1.31. The van der Waals surface area contributed by atoms with Crippen LogP contribution in [0.25, 0.3) is 0 Å². The zero-order valence-electron chi connectivity index (χ0n) is 10.6. The van der Waals surface area contributed by atoms with Crippen molar-refractivity contribution in [1.29, 1.82) is 0 Å². The number of methoxy groups -OCH3 is 1. The molecule has 0 amide bonds. The van der Waals surface area contributed by atoms with Gasteiger partial charge >= 0.3 is 6.36 Å². The van der Waals surface area contributed by atoms with Gasteiger partial charge in [-0.1, -0.05) is 6.92 Å². The van der Waals surface area contributed by atoms with Gasteiger partial charge in [0.2, 0.25) is 0 Å². The zero-order valence-corrected chi connectivity index (χ0v) is 10.6. The third-order valence-electron chi connectivity index (χ3n) is 2.63. The number of halogens is 3. The van der Waals surface area contributed by atoms with E-state index in [4.69, 9.17) is 10.5 Å². The Morgan fingerprint density at radius 3 is 2.47 bits per heavy atom. The molecular weight excluding hydrogens is 263 g/mol. The van der Waals surface area contributed by atoms with E-state index in [1.807, 2.05) is 0 Å². The van der Waals surface area contributed by atoms with Gasteiger partial charge in [0.25, 0.3) is 0 Å². The fourth-order valence-electron chi connectivity index (χ4n) is 1.63. The van der Waals surface area contributed by atoms with Crippen LogP contribution >= 0.6 is 0 Å². The summed E-state index contributed by atoms with van der Waals surface area (Å²) < 4.78 is 45.0. The summed E-state index contributed by atoms with van der Waals surface area (Å²) in [6.45, 7) is 1.75. The predicted octanol–water partition coefficient (Wildman–Crippen LogP) is 2.36. The highest BCUT2D eigenvalue weighted by Gasteiger charge is 2.31. The Kier molecular flexibility index (Phi) is 5.02. The summed E-state index contributed by atoms with van der Waals surface area (Å²) in [6, 6.07) is 2.84. The molecule has 0 saturated heterocycles. The third-order valence-corrected chi connectivity index (χ3v) is 2.63. The molecule has 19 heavy (non-hydrogen) atoms. The van der Waals surface area contributed by atoms with E-state index in [-0.39, 0.29) is 5.75 Å². The number of nitrogens with two attached hydrogens (primary N) is 1. The van der Waals surface area contributed by atoms with Crippen molar-refractivity contribution in [1.82, 2.24) is 0 Å². The van der Waals surface area contributed by atoms with Gasteiger partial charge in [-0.25, -0.2) is 0 Å². The number of hydrogen-bond donors (Lipinski definition) is 2. The number of aliphatic hydroxyl groups excluding tert-OH is 1. The van der Waals surface area contributed by atoms with Crippen LogP contribution in [0.4, 0.5) is 13.2 Å². The quantitative estimate of drug-likeness (QED) is 0.868. The van der Waals surface area contributed by atoms with Crippen molar-refractivity contribution < 1.29 is 27.8 Å². The first-order valence-corrected chi connectivity index (χ1v) is 5.65. The van der Waals surface area contributed by atoms with Gasteiger partial charge in [-0.3, -0.25) is 0 Å². The molecule has 0 heterocycles. The Bertz CT molecular complexity index is 423. The number of ether oxygens (including phenoxy) is 2. The molecule has 0 bridgehead atoms. The summed E-state index contributed by atoms with van der Waals surface area (Å²) in [6.07, 6.45) is -5.15. The van der Waals surface area contributed by atoms with Crippen LogP contribution in [0.2, 0.25) is 0 Å². The summed E-state index contributed by atoms with van der Waals surface area (Å²) in [5.41, 5.74) is 6.23. The smallest absolute Gasteiger partial charge is 0.496 e. The summed E-state index contributed by atoms with van der Waals surface area (Å²) >= 11 is 0. The molecule has 3 N–H and O–H groups in total. The maximum absolute atomic E-state index is 12.1. The Labute approximate surface area is 108 Å². The second kappa shape index (κ2) is 6.12. The molecule has 108 valence electrons. The van der Waals surface area contributed by atoms with Crippen LogP contribution in [-0.2, 0) is 0 Å². The van der Waals surface area contributed by atoms with Gasteiger partial charge in [0.05, 0.1) is 19.3 Å². The second-order valence-electron chi connectivity index (χ2n) is 3.95. The fourth-order valence-corrected chi connectivity index (χ4v) is 1.63. The van der Waals surface area contributed by atoms with E-state index in [2.05, 4.69) is 4.74 Å². The average Bonchev–Trinajstić information content (AvgIpc) is 2.34. The molecule has 1 aromatic carbocycles. The molecule has 1 rings (SSSR count). The van der Waals surface area contributed by atoms with Gasteiger partial charge in [0, 0.05) is 11.6 Å². The van der Waals surface area contributed by atoms with Crippen molar-refractivity contribution in [2.24, 2.45) is 5.73 Å². The minimum Gasteiger partial charge on any atom is -0.496 e. The SMILES string of the molecule is CC[C@H](O)[C@H](N)c1ccc(OC(F)(F)F)cc1OC. The van der Waals surface area contributed by atoms with Crippen LogP contribution in [0.5, 0.6) is 11.5 Å². The summed E-state index contributed by atoms with van der Waals surface area (Å²) in [5.74, 6) is -0.256. The van der Waals surface area contributed by atoms with Crippen LogP contribution < -0.4 is 15.2 Å². The van der Waals surface area contributed by atoms with Crippen molar-refractivity contribution in [3.05, 3.63) is 23.8 Å². The lowest BCUT2D eigenvalue weighted by Gasteiger charge is -2.20. The molecule has 4 nitrogen and oxygen atoms in total. The predicted molar refractivity (Wildman–Crippen MR) is 62.9 cm³/mol. The van der Waals surface area contributed by atoms with E-state index in [0.29, 0.717) is 12.0 Å². The van der Waals surface area contributed by atoms with E-state index in [0.717, 1.165) is 12.1 Å². The van der Waals surface area contributed by atoms with Crippen molar-refractivity contribution in [3.8, 4) is 11.5 Å². The molecule has 0 radical (unpaired) electrons. The van der Waals surface area contributed by atoms with Gasteiger partial charge in [-0.05, 0) is 18.6 Å². The number of aliphatic hydroxyl groups is 1. The molecule has 0 saturated carbocycles. The Morgan fingerprint density at radius 1 is 1.37 bits per heavy atom. The first-order chi connectivity index (χ1) is 8.78. The minimum absolute atomic E-state index is 0.141. The maximum Gasteiger partial charge on any atom is 0.573 e. The number of hydrogen-bond acceptors (Lipinski definition) is 4. The van der Waals surface area contributed by atoms with Crippen molar-refractivity contribution in [2.45, 2.75) is 31.9 Å². The average molecular weight is 279 g/mol. The molecule has 0 aliphatic rings. The van der Waals surface area contributed by atoms with E-state index in [1.165, 1.54) is 13.2 Å². The van der Waals surface area contributed by atoms with E-state index in [9.17, 15) is 18.3 Å². The first kappa shape index (κ1) is 15.6. The van der Waals surface area contributed by atoms with Gasteiger partial charge < -0.3 is 20.3 Å². The summed E-state index contributed by atoms with van der Waals surface area (Å²) in [4.78, 5) is 0. The third kappa shape index (κ3) is 4.29. The summed E-state index contributed by atoms with van der Waals surface area (Å²) in [5, 5.41) is 9.66. The number of benzene rings is 1. The molecule has 0 unspecified atom stereocenters. The molecule has 1 aromatic rings. The zero-order chi connectivity index (χ0) is 14.6. The standard InChI is InChI=1S/C12H16F3NO3/c1-3-9(17)11(16)8-5-4-7(6-10(8)18-2)19-12(13,14)15/h4-6,9,11,17H,3,16H2,1-2H3/t9-,11+/m0/s1. The minimum atomic E-state index is -4.77.